The van der Waals surface area contributed by atoms with Crippen LogP contribution in [0.1, 0.15) is 24.0 Å². The summed E-state index contributed by atoms with van der Waals surface area (Å²) in [5.74, 6) is 0. The largest absolute Gasteiger partial charge is 0.339 e. The first-order valence-corrected chi connectivity index (χ1v) is 19.8. The molecule has 0 aliphatic carbocycles. The zero-order valence-corrected chi connectivity index (χ0v) is 32.6. The highest BCUT2D eigenvalue weighted by Crippen LogP contribution is 2.50. The summed E-state index contributed by atoms with van der Waals surface area (Å²) in [5.41, 5.74) is 7.77. The molecule has 4 nitrogen and oxygen atoms in total. The van der Waals surface area contributed by atoms with E-state index < -0.39 is 0 Å². The quantitative estimate of drug-likeness (QED) is 0.117. The fourth-order valence-electron chi connectivity index (χ4n) is 7.30. The monoisotopic (exact) mass is 740 g/mol. The Morgan fingerprint density at radius 3 is 1.28 bits per heavy atom. The van der Waals surface area contributed by atoms with Crippen LogP contribution in [0.3, 0.4) is 0 Å². The van der Waals surface area contributed by atoms with E-state index in [2.05, 4.69) is 135 Å². The smallest absolute Gasteiger partial charge is 0.104 e. The molecule has 0 unspecified atom stereocenters. The van der Waals surface area contributed by atoms with E-state index in [0.717, 1.165) is 71.1 Å². The van der Waals surface area contributed by atoms with Crippen molar-refractivity contribution in [2.45, 2.75) is 45.5 Å². The molecule has 0 bridgehead atoms. The van der Waals surface area contributed by atoms with Crippen LogP contribution in [0.2, 0.25) is 10.0 Å². The van der Waals surface area contributed by atoms with Gasteiger partial charge in [0.05, 0.1) is 64.0 Å². The van der Waals surface area contributed by atoms with E-state index in [-0.39, 0.29) is 0 Å². The van der Waals surface area contributed by atoms with Gasteiger partial charge in [-0.25, -0.2) is 0 Å². The Labute approximate surface area is 316 Å². The standard InChI is InChI=1S/C42H46Cl2N4S2/c1-47(2,25-9-23-45-35-11-5-7-13-39(35)49-41-21-19-33(43)27-37(41)45)29-31-15-17-32(18-16-31)30-48(3,4)26-10-24-46-36-12-6-8-14-40(36)50-42-22-20-34(44)28-38(42)46/h5-8,11-22,27-28H,9-10,23-26,29-30H2,1-4H3/q+2. The maximum absolute atomic E-state index is 6.45. The van der Waals surface area contributed by atoms with E-state index in [9.17, 15) is 0 Å². The van der Waals surface area contributed by atoms with Crippen LogP contribution in [0, 0.1) is 0 Å². The van der Waals surface area contributed by atoms with E-state index in [1.165, 1.54) is 53.5 Å². The highest BCUT2D eigenvalue weighted by atomic mass is 35.5. The maximum Gasteiger partial charge on any atom is 0.104 e. The summed E-state index contributed by atoms with van der Waals surface area (Å²) < 4.78 is 1.89. The molecule has 0 N–H and O–H groups in total. The van der Waals surface area contributed by atoms with Crippen molar-refractivity contribution in [1.29, 1.82) is 0 Å². The normalized spacial score (nSPS) is 13.8. The minimum Gasteiger partial charge on any atom is -0.339 e. The molecular weight excluding hydrogens is 696 g/mol. The van der Waals surface area contributed by atoms with Crippen LogP contribution < -0.4 is 9.80 Å². The first-order valence-electron chi connectivity index (χ1n) is 17.4. The van der Waals surface area contributed by atoms with Crippen molar-refractivity contribution in [2.75, 3.05) is 64.2 Å². The van der Waals surface area contributed by atoms with Crippen LogP contribution in [0.25, 0.3) is 0 Å². The van der Waals surface area contributed by atoms with Gasteiger partial charge in [-0.05, 0) is 60.7 Å². The summed E-state index contributed by atoms with van der Waals surface area (Å²) in [4.78, 5) is 10.1. The molecule has 5 aromatic rings. The SMILES string of the molecule is C[N+](C)(CCCN1c2ccccc2Sc2ccc(Cl)cc21)Cc1ccc(C[N+](C)(C)CCCN2c3ccccc3Sc3ccc(Cl)cc32)cc1. The van der Waals surface area contributed by atoms with E-state index >= 15 is 0 Å². The minimum atomic E-state index is 0.787. The highest BCUT2D eigenvalue weighted by Gasteiger charge is 2.26. The number of hydrogen-bond donors (Lipinski definition) is 0. The molecule has 8 heteroatoms. The summed E-state index contributed by atoms with van der Waals surface area (Å²) in [6, 6.07) is 39.3. The number of benzene rings is 5. The van der Waals surface area contributed by atoms with Crippen LogP contribution in [0.15, 0.2) is 129 Å². The Hall–Kier alpha value is -3.10. The molecule has 2 aliphatic rings. The number of fused-ring (bicyclic) bond motifs is 4. The average molecular weight is 742 g/mol. The first kappa shape index (κ1) is 35.3. The van der Waals surface area contributed by atoms with Crippen molar-refractivity contribution in [3.8, 4) is 0 Å². The second kappa shape index (κ2) is 14.9. The van der Waals surface area contributed by atoms with Gasteiger partial charge in [-0.2, -0.15) is 0 Å². The van der Waals surface area contributed by atoms with Crippen molar-refractivity contribution >= 4 is 69.5 Å². The molecule has 7 rings (SSSR count). The number of halogens is 2. The van der Waals surface area contributed by atoms with Crippen LogP contribution in [-0.4, -0.2) is 63.3 Å². The van der Waals surface area contributed by atoms with Crippen molar-refractivity contribution in [3.05, 3.63) is 130 Å². The molecule has 0 spiro atoms. The predicted octanol–water partition coefficient (Wildman–Crippen LogP) is 11.5. The van der Waals surface area contributed by atoms with Crippen LogP contribution in [0.5, 0.6) is 0 Å². The molecule has 5 aromatic carbocycles. The third kappa shape index (κ3) is 8.17. The Bertz CT molecular complexity index is 1840. The molecule has 0 aromatic heterocycles. The van der Waals surface area contributed by atoms with Crippen molar-refractivity contribution in [2.24, 2.45) is 0 Å². The summed E-state index contributed by atoms with van der Waals surface area (Å²) in [7, 11) is 9.41. The lowest BCUT2D eigenvalue weighted by Gasteiger charge is -2.35. The second-order valence-electron chi connectivity index (χ2n) is 14.8. The maximum atomic E-state index is 6.45. The van der Waals surface area contributed by atoms with Gasteiger partial charge in [0.15, 0.2) is 0 Å². The third-order valence-corrected chi connectivity index (χ3v) is 12.4. The van der Waals surface area contributed by atoms with Crippen molar-refractivity contribution in [3.63, 3.8) is 0 Å². The molecule has 0 saturated carbocycles. The van der Waals surface area contributed by atoms with E-state index in [4.69, 9.17) is 23.2 Å². The van der Waals surface area contributed by atoms with Gasteiger partial charge >= 0.3 is 0 Å². The molecule has 2 aliphatic heterocycles. The molecule has 258 valence electrons. The number of para-hydroxylation sites is 2. The molecule has 2 heterocycles. The highest BCUT2D eigenvalue weighted by molar-refractivity contribution is 8.00. The summed E-state index contributed by atoms with van der Waals surface area (Å²) in [6.45, 7) is 6.11. The van der Waals surface area contributed by atoms with Gasteiger partial charge in [0.25, 0.3) is 0 Å². The molecular formula is C42H46Cl2N4S2+2. The topological polar surface area (TPSA) is 6.48 Å². The van der Waals surface area contributed by atoms with Gasteiger partial charge in [0.2, 0.25) is 0 Å². The van der Waals surface area contributed by atoms with Crippen LogP contribution >= 0.6 is 46.7 Å². The lowest BCUT2D eigenvalue weighted by molar-refractivity contribution is -0.904. The van der Waals surface area contributed by atoms with E-state index in [1.54, 1.807) is 0 Å². The Balaban J connectivity index is 0.926. The molecule has 0 saturated heterocycles. The number of rotatable bonds is 12. The number of quaternary nitrogens is 2. The van der Waals surface area contributed by atoms with E-state index in [0.29, 0.717) is 0 Å². The average Bonchev–Trinajstić information content (AvgIpc) is 3.08. The molecule has 50 heavy (non-hydrogen) atoms. The molecule has 0 atom stereocenters. The summed E-state index contributed by atoms with van der Waals surface area (Å²) >= 11 is 16.6. The van der Waals surface area contributed by atoms with Gasteiger partial charge in [-0.15, -0.1) is 0 Å². The summed E-state index contributed by atoms with van der Waals surface area (Å²) in [6.07, 6.45) is 2.17. The molecule has 0 fully saturated rings. The van der Waals surface area contributed by atoms with Gasteiger partial charge < -0.3 is 18.8 Å². The fourth-order valence-corrected chi connectivity index (χ4v) is 9.78. The summed E-state index contributed by atoms with van der Waals surface area (Å²) in [5, 5.41) is 1.57. The zero-order chi connectivity index (χ0) is 34.9. The first-order chi connectivity index (χ1) is 24.0. The molecule has 0 amide bonds. The Kier molecular flexibility index (Phi) is 10.5. The number of nitrogens with zero attached hydrogens (tertiary/aromatic N) is 4. The van der Waals surface area contributed by atoms with Gasteiger partial charge in [-0.3, -0.25) is 0 Å². The Morgan fingerprint density at radius 2 is 0.860 bits per heavy atom. The van der Waals surface area contributed by atoms with Gasteiger partial charge in [-0.1, -0.05) is 95.3 Å². The lowest BCUT2D eigenvalue weighted by Crippen LogP contribution is -2.41. The van der Waals surface area contributed by atoms with Crippen molar-refractivity contribution in [1.82, 2.24) is 0 Å². The van der Waals surface area contributed by atoms with Crippen molar-refractivity contribution < 1.29 is 8.97 Å². The lowest BCUT2D eigenvalue weighted by atomic mass is 10.1. The van der Waals surface area contributed by atoms with Crippen LogP contribution in [0.4, 0.5) is 22.7 Å². The minimum absolute atomic E-state index is 0.787. The fraction of sp³-hybridized carbons (Fsp3) is 0.286. The van der Waals surface area contributed by atoms with Gasteiger partial charge in [0.1, 0.15) is 13.1 Å². The molecule has 0 radical (unpaired) electrons. The van der Waals surface area contributed by atoms with E-state index in [1.807, 2.05) is 35.7 Å². The Morgan fingerprint density at radius 1 is 0.480 bits per heavy atom. The second-order valence-corrected chi connectivity index (χ2v) is 17.9. The number of anilines is 4. The van der Waals surface area contributed by atoms with Gasteiger partial charge in [0, 0.05) is 66.7 Å². The predicted molar refractivity (Wildman–Crippen MR) is 215 cm³/mol. The number of hydrogen-bond acceptors (Lipinski definition) is 4. The van der Waals surface area contributed by atoms with Crippen LogP contribution in [-0.2, 0) is 13.1 Å². The third-order valence-electron chi connectivity index (χ3n) is 9.71. The zero-order valence-electron chi connectivity index (χ0n) is 29.4.